The molecule has 0 fully saturated rings. The Bertz CT molecular complexity index is 567. The molecule has 0 saturated heterocycles. The molecule has 0 atom stereocenters. The minimum atomic E-state index is -0.137. The fraction of sp³-hybridized carbons (Fsp3) is 0.133. The molecule has 0 unspecified atom stereocenters. The first-order valence-electron chi connectivity index (χ1n) is 5.86. The van der Waals surface area contributed by atoms with Gasteiger partial charge in [0.1, 0.15) is 5.75 Å². The van der Waals surface area contributed by atoms with Crippen LogP contribution in [0.3, 0.4) is 0 Å². The van der Waals surface area contributed by atoms with Crippen LogP contribution < -0.4 is 10.1 Å². The second-order valence-electron chi connectivity index (χ2n) is 4.00. The zero-order chi connectivity index (χ0) is 13.7. The maximum absolute atomic E-state index is 11.9. The van der Waals surface area contributed by atoms with Gasteiger partial charge >= 0.3 is 0 Å². The molecule has 2 aromatic rings. The number of methoxy groups -OCH3 is 1. The molecule has 0 aliphatic heterocycles. The second-order valence-corrected chi connectivity index (χ2v) is 4.44. The van der Waals surface area contributed by atoms with Crippen molar-refractivity contribution in [3.63, 3.8) is 0 Å². The molecule has 3 nitrogen and oxygen atoms in total. The summed E-state index contributed by atoms with van der Waals surface area (Å²) in [6, 6.07) is 14.4. The van der Waals surface area contributed by atoms with Crippen molar-refractivity contribution in [1.82, 2.24) is 5.32 Å². The third-order valence-electron chi connectivity index (χ3n) is 2.74. The zero-order valence-corrected chi connectivity index (χ0v) is 11.3. The predicted octanol–water partition coefficient (Wildman–Crippen LogP) is 3.28. The number of halogens is 1. The number of carbonyl (C=O) groups excluding carboxylic acids is 1. The minimum Gasteiger partial charge on any atom is -0.496 e. The van der Waals surface area contributed by atoms with Gasteiger partial charge < -0.3 is 10.1 Å². The zero-order valence-electron chi connectivity index (χ0n) is 10.5. The normalized spacial score (nSPS) is 10.0. The molecule has 19 heavy (non-hydrogen) atoms. The van der Waals surface area contributed by atoms with Crippen LogP contribution >= 0.6 is 11.6 Å². The maximum atomic E-state index is 11.9. The molecular weight excluding hydrogens is 262 g/mol. The maximum Gasteiger partial charge on any atom is 0.251 e. The van der Waals surface area contributed by atoms with Crippen molar-refractivity contribution in [2.45, 2.75) is 6.54 Å². The van der Waals surface area contributed by atoms with Gasteiger partial charge in [-0.2, -0.15) is 0 Å². The molecule has 0 bridgehead atoms. The smallest absolute Gasteiger partial charge is 0.251 e. The van der Waals surface area contributed by atoms with Crippen molar-refractivity contribution < 1.29 is 9.53 Å². The Morgan fingerprint density at radius 1 is 1.16 bits per heavy atom. The SMILES string of the molecule is COc1ccccc1CNC(=O)c1ccc(Cl)cc1. The van der Waals surface area contributed by atoms with E-state index in [2.05, 4.69) is 5.32 Å². The summed E-state index contributed by atoms with van der Waals surface area (Å²) < 4.78 is 5.23. The van der Waals surface area contributed by atoms with E-state index in [1.54, 1.807) is 31.4 Å². The van der Waals surface area contributed by atoms with E-state index in [4.69, 9.17) is 16.3 Å². The van der Waals surface area contributed by atoms with E-state index in [0.717, 1.165) is 11.3 Å². The third kappa shape index (κ3) is 3.48. The van der Waals surface area contributed by atoms with Crippen LogP contribution in [0.15, 0.2) is 48.5 Å². The van der Waals surface area contributed by atoms with Crippen LogP contribution in [0.1, 0.15) is 15.9 Å². The lowest BCUT2D eigenvalue weighted by atomic mass is 10.2. The van der Waals surface area contributed by atoms with Crippen molar-refractivity contribution in [2.24, 2.45) is 0 Å². The van der Waals surface area contributed by atoms with Gasteiger partial charge in [-0.1, -0.05) is 29.8 Å². The second kappa shape index (κ2) is 6.25. The van der Waals surface area contributed by atoms with Gasteiger partial charge in [-0.05, 0) is 30.3 Å². The molecule has 2 rings (SSSR count). The molecule has 0 aliphatic rings. The molecule has 0 saturated carbocycles. The highest BCUT2D eigenvalue weighted by Crippen LogP contribution is 2.17. The van der Waals surface area contributed by atoms with E-state index in [9.17, 15) is 4.79 Å². The number of carbonyl (C=O) groups is 1. The summed E-state index contributed by atoms with van der Waals surface area (Å²) in [4.78, 5) is 11.9. The van der Waals surface area contributed by atoms with Crippen molar-refractivity contribution >= 4 is 17.5 Å². The Kier molecular flexibility index (Phi) is 4.42. The fourth-order valence-electron chi connectivity index (χ4n) is 1.73. The van der Waals surface area contributed by atoms with E-state index in [1.807, 2.05) is 24.3 Å². The van der Waals surface area contributed by atoms with E-state index < -0.39 is 0 Å². The first kappa shape index (κ1) is 13.4. The van der Waals surface area contributed by atoms with Crippen LogP contribution in [-0.4, -0.2) is 13.0 Å². The van der Waals surface area contributed by atoms with Gasteiger partial charge in [0, 0.05) is 22.7 Å². The number of hydrogen-bond donors (Lipinski definition) is 1. The molecule has 1 amide bonds. The van der Waals surface area contributed by atoms with Crippen LogP contribution in [-0.2, 0) is 6.54 Å². The van der Waals surface area contributed by atoms with Crippen molar-refractivity contribution in [2.75, 3.05) is 7.11 Å². The van der Waals surface area contributed by atoms with Crippen molar-refractivity contribution in [3.05, 3.63) is 64.7 Å². The highest BCUT2D eigenvalue weighted by Gasteiger charge is 2.07. The Hall–Kier alpha value is -2.00. The molecule has 98 valence electrons. The van der Waals surface area contributed by atoms with E-state index in [1.165, 1.54) is 0 Å². The van der Waals surface area contributed by atoms with Gasteiger partial charge in [0.15, 0.2) is 0 Å². The summed E-state index contributed by atoms with van der Waals surface area (Å²) in [6.07, 6.45) is 0. The lowest BCUT2D eigenvalue weighted by Crippen LogP contribution is -2.22. The number of para-hydroxylation sites is 1. The lowest BCUT2D eigenvalue weighted by molar-refractivity contribution is 0.0950. The van der Waals surface area contributed by atoms with Gasteiger partial charge in [-0.25, -0.2) is 0 Å². The van der Waals surface area contributed by atoms with Gasteiger partial charge in [0.05, 0.1) is 7.11 Å². The van der Waals surface area contributed by atoms with Gasteiger partial charge in [-0.3, -0.25) is 4.79 Å². The largest absolute Gasteiger partial charge is 0.496 e. The van der Waals surface area contributed by atoms with E-state index in [-0.39, 0.29) is 5.91 Å². The standard InChI is InChI=1S/C15H14ClNO2/c1-19-14-5-3-2-4-12(14)10-17-15(18)11-6-8-13(16)9-7-11/h2-9H,10H2,1H3,(H,17,18). The van der Waals surface area contributed by atoms with Gasteiger partial charge in [0.2, 0.25) is 0 Å². The van der Waals surface area contributed by atoms with Crippen molar-refractivity contribution in [1.29, 1.82) is 0 Å². The highest BCUT2D eigenvalue weighted by atomic mass is 35.5. The Labute approximate surface area is 117 Å². The lowest BCUT2D eigenvalue weighted by Gasteiger charge is -2.09. The summed E-state index contributed by atoms with van der Waals surface area (Å²) >= 11 is 5.78. The van der Waals surface area contributed by atoms with Crippen molar-refractivity contribution in [3.8, 4) is 5.75 Å². The topological polar surface area (TPSA) is 38.3 Å². The Morgan fingerprint density at radius 2 is 1.84 bits per heavy atom. The van der Waals surface area contributed by atoms with Crippen LogP contribution in [0.5, 0.6) is 5.75 Å². The quantitative estimate of drug-likeness (QED) is 0.930. The molecule has 0 heterocycles. The summed E-state index contributed by atoms with van der Waals surface area (Å²) in [5.41, 5.74) is 1.52. The molecule has 2 aromatic carbocycles. The molecule has 4 heteroatoms. The molecule has 1 N–H and O–H groups in total. The molecule has 0 aliphatic carbocycles. The van der Waals surface area contributed by atoms with E-state index >= 15 is 0 Å². The fourth-order valence-corrected chi connectivity index (χ4v) is 1.85. The summed E-state index contributed by atoms with van der Waals surface area (Å²) in [5.74, 6) is 0.626. The summed E-state index contributed by atoms with van der Waals surface area (Å²) in [5, 5.41) is 3.46. The van der Waals surface area contributed by atoms with Gasteiger partial charge in [-0.15, -0.1) is 0 Å². The van der Waals surface area contributed by atoms with Crippen LogP contribution in [0, 0.1) is 0 Å². The number of ether oxygens (including phenoxy) is 1. The average Bonchev–Trinajstić information content (AvgIpc) is 2.45. The Morgan fingerprint density at radius 3 is 2.53 bits per heavy atom. The number of nitrogens with one attached hydrogen (secondary N) is 1. The van der Waals surface area contributed by atoms with Crippen LogP contribution in [0.2, 0.25) is 5.02 Å². The summed E-state index contributed by atoms with van der Waals surface area (Å²) in [7, 11) is 1.61. The first-order valence-corrected chi connectivity index (χ1v) is 6.24. The molecule has 0 aromatic heterocycles. The number of rotatable bonds is 4. The third-order valence-corrected chi connectivity index (χ3v) is 2.99. The highest BCUT2D eigenvalue weighted by molar-refractivity contribution is 6.30. The number of amides is 1. The van der Waals surface area contributed by atoms with Gasteiger partial charge in [0.25, 0.3) is 5.91 Å². The predicted molar refractivity (Wildman–Crippen MR) is 75.6 cm³/mol. The molecule has 0 spiro atoms. The molecular formula is C15H14ClNO2. The minimum absolute atomic E-state index is 0.137. The van der Waals surface area contributed by atoms with E-state index in [0.29, 0.717) is 17.1 Å². The summed E-state index contributed by atoms with van der Waals surface area (Å²) in [6.45, 7) is 0.422. The van der Waals surface area contributed by atoms with Crippen LogP contribution in [0.4, 0.5) is 0 Å². The average molecular weight is 276 g/mol. The first-order chi connectivity index (χ1) is 9.20. The number of hydrogen-bond acceptors (Lipinski definition) is 2. The van der Waals surface area contributed by atoms with Crippen LogP contribution in [0.25, 0.3) is 0 Å². The molecule has 0 radical (unpaired) electrons. The monoisotopic (exact) mass is 275 g/mol. The Balaban J connectivity index is 2.02. The number of benzene rings is 2.